The monoisotopic (exact) mass is 145 g/mol. The average molecular weight is 145 g/mol. The van der Waals surface area contributed by atoms with E-state index in [2.05, 4.69) is 5.32 Å². The van der Waals surface area contributed by atoms with Gasteiger partial charge in [0.15, 0.2) is 5.79 Å². The second-order valence-corrected chi connectivity index (χ2v) is 2.75. The third-order valence-corrected chi connectivity index (χ3v) is 1.91. The molecule has 2 heterocycles. The molecule has 2 fully saturated rings. The Hall–Kier alpha value is -0.160. The fourth-order valence-electron chi connectivity index (χ4n) is 1.22. The fraction of sp³-hybridized carbons (Fsp3) is 1.00. The molecule has 0 saturated carbocycles. The Bertz CT molecular complexity index is 135. The molecule has 0 aromatic rings. The summed E-state index contributed by atoms with van der Waals surface area (Å²) >= 11 is 0. The van der Waals surface area contributed by atoms with Gasteiger partial charge in [0.25, 0.3) is 0 Å². The van der Waals surface area contributed by atoms with E-state index in [0.717, 1.165) is 13.1 Å². The maximum Gasteiger partial charge on any atom is 0.194 e. The molecule has 0 aromatic carbocycles. The van der Waals surface area contributed by atoms with Gasteiger partial charge in [-0.3, -0.25) is 0 Å². The van der Waals surface area contributed by atoms with Gasteiger partial charge in [0.05, 0.1) is 26.3 Å². The van der Waals surface area contributed by atoms with Crippen LogP contribution in [-0.2, 0) is 9.47 Å². The molecule has 0 aromatic heterocycles. The second kappa shape index (κ2) is 2.17. The summed E-state index contributed by atoms with van der Waals surface area (Å²) in [6, 6.07) is 0. The normalized spacial score (nSPS) is 36.3. The molecule has 1 atom stereocenters. The van der Waals surface area contributed by atoms with E-state index in [4.69, 9.17) is 14.6 Å². The Morgan fingerprint density at radius 1 is 1.60 bits per heavy atom. The lowest BCUT2D eigenvalue weighted by molar-refractivity contribution is -0.199. The molecule has 4 heteroatoms. The molecule has 2 aliphatic heterocycles. The van der Waals surface area contributed by atoms with Gasteiger partial charge in [-0.2, -0.15) is 0 Å². The van der Waals surface area contributed by atoms with Gasteiger partial charge >= 0.3 is 0 Å². The molecule has 2 rings (SSSR count). The molecule has 2 saturated heterocycles. The van der Waals surface area contributed by atoms with E-state index in [9.17, 15) is 0 Å². The summed E-state index contributed by atoms with van der Waals surface area (Å²) in [6.45, 7) is 2.09. The van der Waals surface area contributed by atoms with Crippen molar-refractivity contribution in [2.75, 3.05) is 26.3 Å². The number of rotatable bonds is 1. The Morgan fingerprint density at radius 3 is 2.70 bits per heavy atom. The lowest BCUT2D eigenvalue weighted by Crippen LogP contribution is -2.60. The molecule has 4 nitrogen and oxygen atoms in total. The number of hydrogen-bond acceptors (Lipinski definition) is 4. The van der Waals surface area contributed by atoms with E-state index >= 15 is 0 Å². The van der Waals surface area contributed by atoms with Crippen LogP contribution in [0.4, 0.5) is 0 Å². The number of aliphatic hydroxyl groups excluding tert-OH is 1. The minimum absolute atomic E-state index is 0.0573. The van der Waals surface area contributed by atoms with Crippen molar-refractivity contribution in [1.82, 2.24) is 5.32 Å². The molecule has 0 amide bonds. The lowest BCUT2D eigenvalue weighted by Gasteiger charge is -2.36. The van der Waals surface area contributed by atoms with Crippen LogP contribution < -0.4 is 5.32 Å². The molecule has 1 spiro atoms. The molecule has 58 valence electrons. The highest BCUT2D eigenvalue weighted by molar-refractivity contribution is 4.90. The Balaban J connectivity index is 1.92. The van der Waals surface area contributed by atoms with Gasteiger partial charge in [-0.25, -0.2) is 0 Å². The maximum absolute atomic E-state index is 8.69. The molecule has 2 N–H and O–H groups in total. The number of hydrogen-bond donors (Lipinski definition) is 2. The summed E-state index contributed by atoms with van der Waals surface area (Å²) in [6.07, 6.45) is -0.109. The topological polar surface area (TPSA) is 50.7 Å². The molecular formula is C6H11NO3. The van der Waals surface area contributed by atoms with Crippen molar-refractivity contribution in [1.29, 1.82) is 0 Å². The van der Waals surface area contributed by atoms with Crippen LogP contribution in [0.5, 0.6) is 0 Å². The van der Waals surface area contributed by atoms with Crippen LogP contribution in [0.1, 0.15) is 0 Å². The Labute approximate surface area is 59.1 Å². The molecule has 0 aliphatic carbocycles. The van der Waals surface area contributed by atoms with Crippen molar-refractivity contribution >= 4 is 0 Å². The van der Waals surface area contributed by atoms with Crippen molar-refractivity contribution in [3.05, 3.63) is 0 Å². The Morgan fingerprint density at radius 2 is 2.40 bits per heavy atom. The minimum atomic E-state index is -0.382. The largest absolute Gasteiger partial charge is 0.394 e. The third kappa shape index (κ3) is 0.845. The molecule has 0 radical (unpaired) electrons. The number of nitrogens with one attached hydrogen (secondary N) is 1. The first kappa shape index (κ1) is 6.54. The van der Waals surface area contributed by atoms with Crippen LogP contribution in [0.25, 0.3) is 0 Å². The van der Waals surface area contributed by atoms with Crippen LogP contribution in [0, 0.1) is 0 Å². The molecule has 10 heavy (non-hydrogen) atoms. The van der Waals surface area contributed by atoms with Crippen LogP contribution in [0.3, 0.4) is 0 Å². The smallest absolute Gasteiger partial charge is 0.194 e. The molecule has 1 unspecified atom stereocenters. The highest BCUT2D eigenvalue weighted by Crippen LogP contribution is 2.26. The summed E-state index contributed by atoms with van der Waals surface area (Å²) in [5, 5.41) is 11.7. The molecule has 2 aliphatic rings. The predicted octanol–water partition coefficient (Wildman–Crippen LogP) is -1.31. The highest BCUT2D eigenvalue weighted by Gasteiger charge is 2.46. The van der Waals surface area contributed by atoms with Gasteiger partial charge in [0.1, 0.15) is 6.10 Å². The van der Waals surface area contributed by atoms with Gasteiger partial charge in [0.2, 0.25) is 0 Å². The van der Waals surface area contributed by atoms with Gasteiger partial charge < -0.3 is 19.9 Å². The van der Waals surface area contributed by atoms with E-state index in [1.54, 1.807) is 0 Å². The Kier molecular flexibility index (Phi) is 1.42. The predicted molar refractivity (Wildman–Crippen MR) is 33.5 cm³/mol. The first-order valence-corrected chi connectivity index (χ1v) is 3.48. The zero-order valence-corrected chi connectivity index (χ0v) is 5.67. The van der Waals surface area contributed by atoms with Crippen molar-refractivity contribution in [3.8, 4) is 0 Å². The van der Waals surface area contributed by atoms with Crippen LogP contribution in [0.15, 0.2) is 0 Å². The van der Waals surface area contributed by atoms with Crippen LogP contribution in [0.2, 0.25) is 0 Å². The van der Waals surface area contributed by atoms with E-state index in [1.165, 1.54) is 0 Å². The van der Waals surface area contributed by atoms with Gasteiger partial charge in [-0.05, 0) is 0 Å². The number of aliphatic hydroxyl groups is 1. The SMILES string of the molecule is OCC1COC2(CNC2)O1. The van der Waals surface area contributed by atoms with Gasteiger partial charge in [-0.15, -0.1) is 0 Å². The highest BCUT2D eigenvalue weighted by atomic mass is 16.8. The van der Waals surface area contributed by atoms with E-state index in [1.807, 2.05) is 0 Å². The second-order valence-electron chi connectivity index (χ2n) is 2.75. The average Bonchev–Trinajstić information content (AvgIpc) is 2.29. The number of ether oxygens (including phenoxy) is 2. The summed E-state index contributed by atoms with van der Waals surface area (Å²) < 4.78 is 10.7. The summed E-state index contributed by atoms with van der Waals surface area (Å²) in [7, 11) is 0. The summed E-state index contributed by atoms with van der Waals surface area (Å²) in [5.41, 5.74) is 0. The third-order valence-electron chi connectivity index (χ3n) is 1.91. The summed E-state index contributed by atoms with van der Waals surface area (Å²) in [5.74, 6) is -0.382. The van der Waals surface area contributed by atoms with E-state index in [0.29, 0.717) is 6.61 Å². The molecule has 0 bridgehead atoms. The van der Waals surface area contributed by atoms with Crippen molar-refractivity contribution < 1.29 is 14.6 Å². The van der Waals surface area contributed by atoms with Crippen LogP contribution in [-0.4, -0.2) is 43.3 Å². The minimum Gasteiger partial charge on any atom is -0.394 e. The summed E-state index contributed by atoms with van der Waals surface area (Å²) in [4.78, 5) is 0. The van der Waals surface area contributed by atoms with Crippen molar-refractivity contribution in [2.24, 2.45) is 0 Å². The fourth-order valence-corrected chi connectivity index (χ4v) is 1.22. The van der Waals surface area contributed by atoms with E-state index < -0.39 is 0 Å². The van der Waals surface area contributed by atoms with Gasteiger partial charge in [0, 0.05) is 0 Å². The quantitative estimate of drug-likeness (QED) is 0.481. The maximum atomic E-state index is 8.69. The first-order chi connectivity index (χ1) is 4.85. The lowest BCUT2D eigenvalue weighted by atomic mass is 10.2. The zero-order chi connectivity index (χ0) is 7.03. The van der Waals surface area contributed by atoms with E-state index in [-0.39, 0.29) is 18.5 Å². The van der Waals surface area contributed by atoms with Crippen molar-refractivity contribution in [3.63, 3.8) is 0 Å². The van der Waals surface area contributed by atoms with Crippen molar-refractivity contribution in [2.45, 2.75) is 11.9 Å². The van der Waals surface area contributed by atoms with Crippen LogP contribution >= 0.6 is 0 Å². The van der Waals surface area contributed by atoms with Gasteiger partial charge in [-0.1, -0.05) is 0 Å². The first-order valence-electron chi connectivity index (χ1n) is 3.48. The molecular weight excluding hydrogens is 134 g/mol. The standard InChI is InChI=1S/C6H11NO3/c8-1-5-2-9-6(10-5)3-7-4-6/h5,7-8H,1-4H2. The zero-order valence-electron chi connectivity index (χ0n) is 5.67.